The van der Waals surface area contributed by atoms with Crippen LogP contribution in [0.5, 0.6) is 5.75 Å². The van der Waals surface area contributed by atoms with E-state index in [1.54, 1.807) is 13.3 Å². The van der Waals surface area contributed by atoms with E-state index in [1.165, 1.54) is 11.6 Å². The predicted octanol–water partition coefficient (Wildman–Crippen LogP) is 3.99. The van der Waals surface area contributed by atoms with Crippen molar-refractivity contribution in [1.82, 2.24) is 4.57 Å². The Balaban J connectivity index is 2.07. The van der Waals surface area contributed by atoms with Gasteiger partial charge in [-0.25, -0.2) is 4.79 Å². The number of aromatic carboxylic acids is 1. The quantitative estimate of drug-likeness (QED) is 0.886. The summed E-state index contributed by atoms with van der Waals surface area (Å²) >= 11 is 0. The molecular formula is C21H23NO4. The van der Waals surface area contributed by atoms with Gasteiger partial charge in [0.1, 0.15) is 11.3 Å². The van der Waals surface area contributed by atoms with E-state index < -0.39 is 11.4 Å². The number of ether oxygens (including phenoxy) is 1. The highest BCUT2D eigenvalue weighted by molar-refractivity contribution is 5.88. The molecule has 1 aromatic heterocycles. The molecule has 26 heavy (non-hydrogen) atoms. The maximum atomic E-state index is 12.4. The molecule has 1 N–H and O–H groups in total. The average Bonchev–Trinajstić information content (AvgIpc) is 2.89. The van der Waals surface area contributed by atoms with Crippen molar-refractivity contribution in [3.8, 4) is 17.0 Å². The van der Waals surface area contributed by atoms with Gasteiger partial charge >= 0.3 is 5.97 Å². The van der Waals surface area contributed by atoms with Crippen LogP contribution < -0.4 is 10.2 Å². The van der Waals surface area contributed by atoms with Crippen LogP contribution >= 0.6 is 0 Å². The molecule has 2 atom stereocenters. The third kappa shape index (κ3) is 2.23. The first-order chi connectivity index (χ1) is 12.2. The molecule has 0 radical (unpaired) electrons. The van der Waals surface area contributed by atoms with Crippen LogP contribution in [0.4, 0.5) is 0 Å². The Morgan fingerprint density at radius 1 is 1.31 bits per heavy atom. The van der Waals surface area contributed by atoms with Crippen LogP contribution in [0.2, 0.25) is 0 Å². The normalized spacial score (nSPS) is 22.3. The summed E-state index contributed by atoms with van der Waals surface area (Å²) < 4.78 is 7.52. The van der Waals surface area contributed by atoms with Gasteiger partial charge in [0, 0.05) is 29.8 Å². The Kier molecular flexibility index (Phi) is 3.55. The summed E-state index contributed by atoms with van der Waals surface area (Å²) in [5.74, 6) is -0.0908. The third-order valence-electron chi connectivity index (χ3n) is 6.13. The van der Waals surface area contributed by atoms with Crippen LogP contribution in [0.25, 0.3) is 11.3 Å². The fourth-order valence-corrected chi connectivity index (χ4v) is 4.89. The smallest absolute Gasteiger partial charge is 0.341 e. The van der Waals surface area contributed by atoms with Crippen molar-refractivity contribution in [2.24, 2.45) is 5.41 Å². The predicted molar refractivity (Wildman–Crippen MR) is 99.2 cm³/mol. The number of carboxylic acids is 1. The van der Waals surface area contributed by atoms with E-state index in [1.807, 2.05) is 17.6 Å². The zero-order valence-electron chi connectivity index (χ0n) is 15.5. The Morgan fingerprint density at radius 3 is 2.69 bits per heavy atom. The number of methoxy groups -OCH3 is 1. The van der Waals surface area contributed by atoms with Crippen molar-refractivity contribution in [3.05, 3.63) is 51.3 Å². The first-order valence-corrected chi connectivity index (χ1v) is 8.93. The minimum absolute atomic E-state index is 0.0236. The highest BCUT2D eigenvalue weighted by Crippen LogP contribution is 2.59. The molecule has 136 valence electrons. The SMILES string of the molecule is COc1cc2c(cc1C)[C@@H]1CCC(C)(C)[C@@H]1n1cc(C(=O)O)c(=O)cc1-2. The number of hydrogen-bond acceptors (Lipinski definition) is 3. The molecule has 0 spiro atoms. The molecule has 5 heteroatoms. The summed E-state index contributed by atoms with van der Waals surface area (Å²) in [6.45, 7) is 6.48. The van der Waals surface area contributed by atoms with E-state index in [0.717, 1.165) is 35.4 Å². The van der Waals surface area contributed by atoms with Gasteiger partial charge in [-0.1, -0.05) is 19.9 Å². The fraction of sp³-hybridized carbons (Fsp3) is 0.429. The molecule has 5 nitrogen and oxygen atoms in total. The van der Waals surface area contributed by atoms with Crippen LogP contribution in [-0.4, -0.2) is 22.8 Å². The Labute approximate surface area is 152 Å². The number of benzene rings is 1. The van der Waals surface area contributed by atoms with Gasteiger partial charge in [0.05, 0.1) is 12.8 Å². The van der Waals surface area contributed by atoms with Crippen molar-refractivity contribution >= 4 is 5.97 Å². The van der Waals surface area contributed by atoms with Crippen molar-refractivity contribution < 1.29 is 14.6 Å². The van der Waals surface area contributed by atoms with E-state index in [9.17, 15) is 14.7 Å². The summed E-state index contributed by atoms with van der Waals surface area (Å²) in [6, 6.07) is 5.77. The Morgan fingerprint density at radius 2 is 2.04 bits per heavy atom. The molecule has 2 aliphatic rings. The standard InChI is InChI=1S/C21H23NO4/c1-11-7-13-12-5-6-21(2,3)19(12)22-10-15(20(24)25)17(23)9-16(22)14(13)8-18(11)26-4/h7-10,12,19H,5-6H2,1-4H3,(H,24,25)/t12-,19+/m0/s1. The van der Waals surface area contributed by atoms with Gasteiger partial charge in [0.2, 0.25) is 0 Å². The van der Waals surface area contributed by atoms with E-state index in [-0.39, 0.29) is 17.0 Å². The van der Waals surface area contributed by atoms with Gasteiger partial charge in [-0.15, -0.1) is 0 Å². The van der Waals surface area contributed by atoms with Gasteiger partial charge in [-0.05, 0) is 42.4 Å². The Hall–Kier alpha value is -2.56. The van der Waals surface area contributed by atoms with E-state index in [4.69, 9.17) is 4.74 Å². The molecule has 0 bridgehead atoms. The van der Waals surface area contributed by atoms with Gasteiger partial charge in [0.15, 0.2) is 5.43 Å². The first-order valence-electron chi connectivity index (χ1n) is 8.93. The molecule has 0 amide bonds. The molecule has 0 saturated heterocycles. The van der Waals surface area contributed by atoms with Crippen LogP contribution in [0.1, 0.15) is 60.1 Å². The van der Waals surface area contributed by atoms with Crippen molar-refractivity contribution in [2.45, 2.75) is 45.6 Å². The molecule has 1 aromatic carbocycles. The molecule has 1 aliphatic heterocycles. The summed E-state index contributed by atoms with van der Waals surface area (Å²) in [5, 5.41) is 9.42. The summed E-state index contributed by atoms with van der Waals surface area (Å²) in [6.07, 6.45) is 3.64. The van der Waals surface area contributed by atoms with Crippen molar-refractivity contribution in [1.29, 1.82) is 0 Å². The number of rotatable bonds is 2. The zero-order valence-corrected chi connectivity index (χ0v) is 15.5. The highest BCUT2D eigenvalue weighted by Gasteiger charge is 2.47. The van der Waals surface area contributed by atoms with E-state index in [0.29, 0.717) is 5.92 Å². The number of hydrogen-bond donors (Lipinski definition) is 1. The lowest BCUT2D eigenvalue weighted by molar-refractivity contribution is 0.0693. The van der Waals surface area contributed by atoms with E-state index in [2.05, 4.69) is 19.9 Å². The van der Waals surface area contributed by atoms with Crippen LogP contribution in [0, 0.1) is 12.3 Å². The molecule has 1 fully saturated rings. The minimum Gasteiger partial charge on any atom is -0.496 e. The summed E-state index contributed by atoms with van der Waals surface area (Å²) in [5.41, 5.74) is 3.47. The maximum Gasteiger partial charge on any atom is 0.341 e. The number of nitrogens with zero attached hydrogens (tertiary/aromatic N) is 1. The molecule has 4 rings (SSSR count). The monoisotopic (exact) mass is 353 g/mol. The molecule has 2 heterocycles. The number of pyridine rings is 1. The van der Waals surface area contributed by atoms with Gasteiger partial charge in [-0.2, -0.15) is 0 Å². The topological polar surface area (TPSA) is 68.5 Å². The van der Waals surface area contributed by atoms with Crippen molar-refractivity contribution in [3.63, 3.8) is 0 Å². The zero-order chi connectivity index (χ0) is 18.8. The molecular weight excluding hydrogens is 330 g/mol. The second-order valence-electron chi connectivity index (χ2n) is 8.14. The minimum atomic E-state index is -1.18. The molecule has 1 aliphatic carbocycles. The highest BCUT2D eigenvalue weighted by atomic mass is 16.5. The lowest BCUT2D eigenvalue weighted by Crippen LogP contribution is -2.32. The van der Waals surface area contributed by atoms with Crippen LogP contribution in [0.15, 0.2) is 29.2 Å². The third-order valence-corrected chi connectivity index (χ3v) is 6.13. The maximum absolute atomic E-state index is 12.4. The lowest BCUT2D eigenvalue weighted by Gasteiger charge is -2.40. The van der Waals surface area contributed by atoms with Crippen LogP contribution in [0.3, 0.4) is 0 Å². The average molecular weight is 353 g/mol. The molecule has 1 saturated carbocycles. The lowest BCUT2D eigenvalue weighted by atomic mass is 9.77. The second kappa shape index (κ2) is 5.47. The fourth-order valence-electron chi connectivity index (χ4n) is 4.89. The van der Waals surface area contributed by atoms with E-state index >= 15 is 0 Å². The number of fused-ring (bicyclic) bond motifs is 6. The summed E-state index contributed by atoms with van der Waals surface area (Å²) in [7, 11) is 1.64. The number of aromatic nitrogens is 1. The second-order valence-corrected chi connectivity index (χ2v) is 8.14. The summed E-state index contributed by atoms with van der Waals surface area (Å²) in [4.78, 5) is 23.9. The number of aryl methyl sites for hydroxylation is 1. The molecule has 0 unspecified atom stereocenters. The number of carboxylic acid groups (broad SMARTS) is 1. The Bertz CT molecular complexity index is 986. The van der Waals surface area contributed by atoms with Gasteiger partial charge in [0.25, 0.3) is 0 Å². The number of carbonyl (C=O) groups is 1. The largest absolute Gasteiger partial charge is 0.496 e. The first kappa shape index (κ1) is 16.9. The van der Waals surface area contributed by atoms with Crippen molar-refractivity contribution in [2.75, 3.05) is 7.11 Å². The van der Waals surface area contributed by atoms with Crippen LogP contribution in [-0.2, 0) is 0 Å². The van der Waals surface area contributed by atoms with Gasteiger partial charge < -0.3 is 14.4 Å². The van der Waals surface area contributed by atoms with Gasteiger partial charge in [-0.3, -0.25) is 4.79 Å². The molecule has 2 aromatic rings.